The molecule has 3 rings (SSSR count). The van der Waals surface area contributed by atoms with Gasteiger partial charge in [-0.1, -0.05) is 109 Å². The quantitative estimate of drug-likeness (QED) is 0.216. The molecular formula is C30H45N. The summed E-state index contributed by atoms with van der Waals surface area (Å²) in [6.45, 7) is 8.10. The highest BCUT2D eigenvalue weighted by molar-refractivity contribution is 6.08. The van der Waals surface area contributed by atoms with Crippen molar-refractivity contribution in [1.29, 1.82) is 0 Å². The van der Waals surface area contributed by atoms with Gasteiger partial charge < -0.3 is 4.57 Å². The maximum absolute atomic E-state index is 2.59. The Balaban J connectivity index is 1.69. The molecule has 0 bridgehead atoms. The lowest BCUT2D eigenvalue weighted by molar-refractivity contribution is 0.383. The molecule has 0 amide bonds. The van der Waals surface area contributed by atoms with Crippen LogP contribution in [0.1, 0.15) is 103 Å². The Kier molecular flexibility index (Phi) is 9.97. The molecule has 1 heteroatoms. The van der Waals surface area contributed by atoms with Crippen LogP contribution in [0.25, 0.3) is 21.8 Å². The van der Waals surface area contributed by atoms with Gasteiger partial charge in [0.2, 0.25) is 0 Å². The van der Waals surface area contributed by atoms with E-state index in [0.29, 0.717) is 0 Å². The summed E-state index contributed by atoms with van der Waals surface area (Å²) in [5, 5.41) is 2.88. The first-order valence-corrected chi connectivity index (χ1v) is 13.3. The lowest BCUT2D eigenvalue weighted by Crippen LogP contribution is -2.03. The zero-order chi connectivity index (χ0) is 21.9. The van der Waals surface area contributed by atoms with Gasteiger partial charge in [-0.15, -0.1) is 0 Å². The summed E-state index contributed by atoms with van der Waals surface area (Å²) in [4.78, 5) is 0. The molecule has 1 aromatic heterocycles. The summed E-state index contributed by atoms with van der Waals surface area (Å²) in [6, 6.07) is 16.3. The molecule has 0 fully saturated rings. The van der Waals surface area contributed by atoms with Crippen LogP contribution in [0.5, 0.6) is 0 Å². The van der Waals surface area contributed by atoms with Crippen LogP contribution in [0.2, 0.25) is 0 Å². The minimum absolute atomic E-state index is 0.943. The Morgan fingerprint density at radius 1 is 0.645 bits per heavy atom. The van der Waals surface area contributed by atoms with Gasteiger partial charge in [0.05, 0.1) is 0 Å². The molecule has 1 atom stereocenters. The van der Waals surface area contributed by atoms with Crippen LogP contribution >= 0.6 is 0 Å². The van der Waals surface area contributed by atoms with E-state index in [1.165, 1.54) is 111 Å². The number of unbranched alkanes of at least 4 members (excludes halogenated alkanes) is 5. The number of rotatable bonds is 15. The zero-order valence-corrected chi connectivity index (χ0v) is 20.5. The fourth-order valence-corrected chi connectivity index (χ4v) is 5.29. The van der Waals surface area contributed by atoms with Crippen molar-refractivity contribution in [3.63, 3.8) is 0 Å². The normalized spacial score (nSPS) is 12.7. The van der Waals surface area contributed by atoms with Crippen molar-refractivity contribution >= 4 is 21.8 Å². The van der Waals surface area contributed by atoms with E-state index in [-0.39, 0.29) is 0 Å². The van der Waals surface area contributed by atoms with Gasteiger partial charge in [0, 0.05) is 28.4 Å². The molecule has 0 aliphatic carbocycles. The number of hydrogen-bond donors (Lipinski definition) is 0. The molecule has 0 aliphatic heterocycles. The number of nitrogens with zero attached hydrogens (tertiary/aromatic N) is 1. The van der Waals surface area contributed by atoms with Crippen molar-refractivity contribution in [2.75, 3.05) is 0 Å². The highest BCUT2D eigenvalue weighted by atomic mass is 15.0. The van der Waals surface area contributed by atoms with Crippen molar-refractivity contribution < 1.29 is 0 Å². The van der Waals surface area contributed by atoms with Gasteiger partial charge >= 0.3 is 0 Å². The Bertz CT molecular complexity index is 903. The van der Waals surface area contributed by atoms with Crippen LogP contribution < -0.4 is 0 Å². The number of fused-ring (bicyclic) bond motifs is 3. The SMILES string of the molecule is CCCCCCc1ccc2c(c1)c1ccccc1n2CCCCC(CCC)CCCC. The lowest BCUT2D eigenvalue weighted by Gasteiger charge is -2.16. The first-order chi connectivity index (χ1) is 15.3. The van der Waals surface area contributed by atoms with E-state index in [4.69, 9.17) is 0 Å². The second-order valence-corrected chi connectivity index (χ2v) is 9.62. The lowest BCUT2D eigenvalue weighted by atomic mass is 9.92. The predicted molar refractivity (Wildman–Crippen MR) is 139 cm³/mol. The Morgan fingerprint density at radius 3 is 2.23 bits per heavy atom. The molecule has 1 heterocycles. The van der Waals surface area contributed by atoms with Gasteiger partial charge in [0.1, 0.15) is 0 Å². The van der Waals surface area contributed by atoms with E-state index in [1.54, 1.807) is 0 Å². The predicted octanol–water partition coefficient (Wildman–Crippen LogP) is 9.69. The van der Waals surface area contributed by atoms with Crippen LogP contribution in [0.15, 0.2) is 42.5 Å². The number of aryl methyl sites for hydroxylation is 2. The molecule has 170 valence electrons. The summed E-state index contributed by atoms with van der Waals surface area (Å²) >= 11 is 0. The molecule has 0 aliphatic rings. The molecule has 1 nitrogen and oxygen atoms in total. The molecule has 3 aromatic rings. The highest BCUT2D eigenvalue weighted by Crippen LogP contribution is 2.31. The second kappa shape index (κ2) is 12.9. The second-order valence-electron chi connectivity index (χ2n) is 9.62. The van der Waals surface area contributed by atoms with Crippen molar-refractivity contribution in [2.45, 2.75) is 111 Å². The monoisotopic (exact) mass is 419 g/mol. The van der Waals surface area contributed by atoms with Crippen LogP contribution in [-0.2, 0) is 13.0 Å². The molecule has 0 radical (unpaired) electrons. The fourth-order valence-electron chi connectivity index (χ4n) is 5.29. The highest BCUT2D eigenvalue weighted by Gasteiger charge is 2.12. The molecule has 0 saturated heterocycles. The molecule has 0 saturated carbocycles. The van der Waals surface area contributed by atoms with Gasteiger partial charge in [0.25, 0.3) is 0 Å². The van der Waals surface area contributed by atoms with Crippen LogP contribution in [0.4, 0.5) is 0 Å². The molecule has 1 unspecified atom stereocenters. The third-order valence-corrected chi connectivity index (χ3v) is 7.06. The Morgan fingerprint density at radius 2 is 1.42 bits per heavy atom. The van der Waals surface area contributed by atoms with Crippen molar-refractivity contribution in [2.24, 2.45) is 5.92 Å². The minimum atomic E-state index is 0.943. The van der Waals surface area contributed by atoms with E-state index >= 15 is 0 Å². The van der Waals surface area contributed by atoms with Crippen LogP contribution in [-0.4, -0.2) is 4.57 Å². The summed E-state index contributed by atoms with van der Waals surface area (Å²) in [7, 11) is 0. The third kappa shape index (κ3) is 6.61. The minimum Gasteiger partial charge on any atom is -0.340 e. The van der Waals surface area contributed by atoms with E-state index in [2.05, 4.69) is 67.8 Å². The maximum Gasteiger partial charge on any atom is 0.0491 e. The number of para-hydroxylation sites is 1. The van der Waals surface area contributed by atoms with Gasteiger partial charge in [-0.3, -0.25) is 0 Å². The smallest absolute Gasteiger partial charge is 0.0491 e. The zero-order valence-electron chi connectivity index (χ0n) is 20.5. The van der Waals surface area contributed by atoms with E-state index < -0.39 is 0 Å². The van der Waals surface area contributed by atoms with Gasteiger partial charge in [-0.05, 0) is 48.9 Å². The Hall–Kier alpha value is -1.76. The first kappa shape index (κ1) is 23.9. The molecule has 0 spiro atoms. The van der Waals surface area contributed by atoms with Crippen molar-refractivity contribution in [3.05, 3.63) is 48.0 Å². The standard InChI is InChI=1S/C30H45N/c1-4-7-9-10-18-26-21-22-30-28(24-26)27-19-11-12-20-29(27)31(30)23-14-13-17-25(15-6-3)16-8-5-2/h11-12,19-22,24-25H,4-10,13-18,23H2,1-3H3. The number of hydrogen-bond acceptors (Lipinski definition) is 0. The van der Waals surface area contributed by atoms with E-state index in [9.17, 15) is 0 Å². The molecular weight excluding hydrogens is 374 g/mol. The third-order valence-electron chi connectivity index (χ3n) is 7.06. The van der Waals surface area contributed by atoms with Gasteiger partial charge in [-0.2, -0.15) is 0 Å². The average Bonchev–Trinajstić information content (AvgIpc) is 3.11. The summed E-state index contributed by atoms with van der Waals surface area (Å²) in [5.41, 5.74) is 4.34. The number of benzene rings is 2. The van der Waals surface area contributed by atoms with Crippen LogP contribution in [0.3, 0.4) is 0 Å². The Labute approximate surface area is 191 Å². The molecule has 31 heavy (non-hydrogen) atoms. The fraction of sp³-hybridized carbons (Fsp3) is 0.600. The first-order valence-electron chi connectivity index (χ1n) is 13.3. The number of aromatic nitrogens is 1. The van der Waals surface area contributed by atoms with Crippen molar-refractivity contribution in [1.82, 2.24) is 4.57 Å². The summed E-state index contributed by atoms with van der Waals surface area (Å²) in [6.07, 6.45) is 17.5. The van der Waals surface area contributed by atoms with Crippen molar-refractivity contribution in [3.8, 4) is 0 Å². The van der Waals surface area contributed by atoms with Gasteiger partial charge in [-0.25, -0.2) is 0 Å². The largest absolute Gasteiger partial charge is 0.340 e. The van der Waals surface area contributed by atoms with E-state index in [0.717, 1.165) is 12.5 Å². The molecule has 2 aromatic carbocycles. The topological polar surface area (TPSA) is 4.93 Å². The van der Waals surface area contributed by atoms with Gasteiger partial charge in [0.15, 0.2) is 0 Å². The van der Waals surface area contributed by atoms with Crippen LogP contribution in [0, 0.1) is 5.92 Å². The summed E-state index contributed by atoms with van der Waals surface area (Å²) < 4.78 is 2.59. The molecule has 0 N–H and O–H groups in total. The maximum atomic E-state index is 2.59. The summed E-state index contributed by atoms with van der Waals surface area (Å²) in [5.74, 6) is 0.943. The van der Waals surface area contributed by atoms with E-state index in [1.807, 2.05) is 0 Å². The average molecular weight is 420 g/mol.